The summed E-state index contributed by atoms with van der Waals surface area (Å²) in [6.45, 7) is 2.14. The third kappa shape index (κ3) is 1.86. The average molecular weight is 293 g/mol. The molecule has 0 unspecified atom stereocenters. The number of carbonyl (C=O) groups is 1. The number of anilines is 1. The Bertz CT molecular complexity index is 898. The number of benzene rings is 1. The first-order chi connectivity index (χ1) is 10.6. The van der Waals surface area contributed by atoms with Crippen molar-refractivity contribution in [3.8, 4) is 17.0 Å². The van der Waals surface area contributed by atoms with Crippen molar-refractivity contribution in [1.29, 1.82) is 0 Å². The van der Waals surface area contributed by atoms with Gasteiger partial charge in [-0.3, -0.25) is 4.79 Å². The zero-order valence-electron chi connectivity index (χ0n) is 12.4. The van der Waals surface area contributed by atoms with Gasteiger partial charge < -0.3 is 14.0 Å². The number of nitrogens with zero attached hydrogens (tertiary/aromatic N) is 3. The Labute approximate surface area is 127 Å². The normalized spacial score (nSPS) is 14.1. The van der Waals surface area contributed by atoms with E-state index in [0.717, 1.165) is 34.0 Å². The summed E-state index contributed by atoms with van der Waals surface area (Å²) in [5.41, 5.74) is 4.66. The maximum atomic E-state index is 11.8. The second-order valence-electron chi connectivity index (χ2n) is 5.45. The molecular formula is C17H15N3O2. The minimum atomic E-state index is -0.0458. The van der Waals surface area contributed by atoms with Gasteiger partial charge in [0, 0.05) is 24.5 Å². The second kappa shape index (κ2) is 4.59. The molecule has 4 rings (SSSR count). The molecular weight excluding hydrogens is 278 g/mol. The molecule has 110 valence electrons. The number of hydrogen-bond donors (Lipinski definition) is 0. The molecule has 0 saturated heterocycles. The summed E-state index contributed by atoms with van der Waals surface area (Å²) in [5.74, 6) is 0.682. The number of aryl methyl sites for hydroxylation is 1. The molecule has 0 atom stereocenters. The van der Waals surface area contributed by atoms with Gasteiger partial charge in [0.2, 0.25) is 0 Å². The fraction of sp³-hybridized carbons (Fsp3) is 0.176. The molecule has 0 N–H and O–H groups in total. The van der Waals surface area contributed by atoms with Crippen LogP contribution < -0.4 is 9.64 Å². The molecule has 3 heterocycles. The van der Waals surface area contributed by atoms with Crippen LogP contribution in [0.5, 0.6) is 5.75 Å². The molecule has 1 aliphatic heterocycles. The molecule has 0 fully saturated rings. The molecule has 1 aliphatic rings. The van der Waals surface area contributed by atoms with E-state index in [9.17, 15) is 4.79 Å². The van der Waals surface area contributed by atoms with E-state index in [4.69, 9.17) is 4.74 Å². The third-order valence-electron chi connectivity index (χ3n) is 4.04. The molecule has 5 nitrogen and oxygen atoms in total. The summed E-state index contributed by atoms with van der Waals surface area (Å²) in [4.78, 5) is 18.1. The maximum Gasteiger partial charge on any atom is 0.264 e. The van der Waals surface area contributed by atoms with Crippen LogP contribution in [-0.2, 0) is 4.79 Å². The summed E-state index contributed by atoms with van der Waals surface area (Å²) < 4.78 is 7.51. The second-order valence-corrected chi connectivity index (χ2v) is 5.45. The first-order valence-corrected chi connectivity index (χ1v) is 7.12. The Morgan fingerprint density at radius 2 is 2.09 bits per heavy atom. The SMILES string of the molecule is Cc1cccc2nc(-c3ccc4c(c3)N(C)C(=O)CO4)cn12. The van der Waals surface area contributed by atoms with Gasteiger partial charge in [-0.05, 0) is 37.3 Å². The molecule has 5 heteroatoms. The minimum Gasteiger partial charge on any atom is -0.482 e. The van der Waals surface area contributed by atoms with Gasteiger partial charge >= 0.3 is 0 Å². The highest BCUT2D eigenvalue weighted by atomic mass is 16.5. The Hall–Kier alpha value is -2.82. The van der Waals surface area contributed by atoms with E-state index in [1.54, 1.807) is 11.9 Å². The summed E-state index contributed by atoms with van der Waals surface area (Å²) in [7, 11) is 1.77. The fourth-order valence-electron chi connectivity index (χ4n) is 2.72. The Morgan fingerprint density at radius 3 is 2.91 bits per heavy atom. The highest BCUT2D eigenvalue weighted by Crippen LogP contribution is 2.35. The lowest BCUT2D eigenvalue weighted by Gasteiger charge is -2.26. The third-order valence-corrected chi connectivity index (χ3v) is 4.04. The number of carbonyl (C=O) groups excluding carboxylic acids is 1. The Balaban J connectivity index is 1.85. The van der Waals surface area contributed by atoms with E-state index in [2.05, 4.69) is 9.38 Å². The van der Waals surface area contributed by atoms with Gasteiger partial charge in [0.05, 0.1) is 11.4 Å². The standard InChI is InChI=1S/C17H15N3O2/c1-11-4-3-5-16-18-13(9-20(11)16)12-6-7-15-14(8-12)19(2)17(21)10-22-15/h3-9H,10H2,1-2H3. The van der Waals surface area contributed by atoms with Crippen LogP contribution in [0.2, 0.25) is 0 Å². The molecule has 1 aromatic carbocycles. The lowest BCUT2D eigenvalue weighted by Crippen LogP contribution is -2.35. The zero-order valence-corrected chi connectivity index (χ0v) is 12.4. The molecule has 0 bridgehead atoms. The molecule has 1 amide bonds. The van der Waals surface area contributed by atoms with Crippen LogP contribution in [0, 0.1) is 6.92 Å². The number of hydrogen-bond acceptors (Lipinski definition) is 3. The molecule has 0 aliphatic carbocycles. The van der Waals surface area contributed by atoms with Crippen LogP contribution in [0.1, 0.15) is 5.69 Å². The predicted octanol–water partition coefficient (Wildman–Crippen LogP) is 2.66. The minimum absolute atomic E-state index is 0.0458. The van der Waals surface area contributed by atoms with E-state index in [0.29, 0.717) is 0 Å². The number of likely N-dealkylation sites (N-methyl/N-ethyl adjacent to an activating group) is 1. The van der Waals surface area contributed by atoms with Crippen LogP contribution in [0.15, 0.2) is 42.6 Å². The van der Waals surface area contributed by atoms with Crippen molar-refractivity contribution in [2.45, 2.75) is 6.92 Å². The van der Waals surface area contributed by atoms with Gasteiger partial charge in [0.15, 0.2) is 6.61 Å². The number of fused-ring (bicyclic) bond motifs is 2. The quantitative estimate of drug-likeness (QED) is 0.693. The van der Waals surface area contributed by atoms with Crippen molar-refractivity contribution in [2.75, 3.05) is 18.6 Å². The highest BCUT2D eigenvalue weighted by molar-refractivity contribution is 5.98. The number of amides is 1. The van der Waals surface area contributed by atoms with Crippen molar-refractivity contribution in [1.82, 2.24) is 9.38 Å². The number of aromatic nitrogens is 2. The van der Waals surface area contributed by atoms with Crippen LogP contribution in [0.3, 0.4) is 0 Å². The Morgan fingerprint density at radius 1 is 1.23 bits per heavy atom. The number of pyridine rings is 1. The lowest BCUT2D eigenvalue weighted by atomic mass is 10.1. The highest BCUT2D eigenvalue weighted by Gasteiger charge is 2.22. The van der Waals surface area contributed by atoms with Crippen molar-refractivity contribution in [3.63, 3.8) is 0 Å². The van der Waals surface area contributed by atoms with Crippen molar-refractivity contribution in [3.05, 3.63) is 48.3 Å². The summed E-state index contributed by atoms with van der Waals surface area (Å²) in [6.07, 6.45) is 2.01. The number of rotatable bonds is 1. The molecule has 0 spiro atoms. The van der Waals surface area contributed by atoms with Crippen LogP contribution in [0.25, 0.3) is 16.9 Å². The van der Waals surface area contributed by atoms with E-state index in [1.807, 2.05) is 49.5 Å². The van der Waals surface area contributed by atoms with E-state index < -0.39 is 0 Å². The molecule has 22 heavy (non-hydrogen) atoms. The predicted molar refractivity (Wildman–Crippen MR) is 84.3 cm³/mol. The largest absolute Gasteiger partial charge is 0.482 e. The average Bonchev–Trinajstić information content (AvgIpc) is 2.96. The number of imidazole rings is 1. The van der Waals surface area contributed by atoms with Gasteiger partial charge in [-0.2, -0.15) is 0 Å². The molecule has 3 aromatic rings. The Kier molecular flexibility index (Phi) is 2.69. The molecule has 2 aromatic heterocycles. The van der Waals surface area contributed by atoms with Gasteiger partial charge in [-0.25, -0.2) is 4.98 Å². The first kappa shape index (κ1) is 12.9. The summed E-state index contributed by atoms with van der Waals surface area (Å²) >= 11 is 0. The monoisotopic (exact) mass is 293 g/mol. The van der Waals surface area contributed by atoms with Crippen LogP contribution in [-0.4, -0.2) is 28.9 Å². The number of ether oxygens (including phenoxy) is 1. The smallest absolute Gasteiger partial charge is 0.264 e. The molecule has 0 saturated carbocycles. The first-order valence-electron chi connectivity index (χ1n) is 7.12. The van der Waals surface area contributed by atoms with Gasteiger partial charge in [-0.1, -0.05) is 6.07 Å². The van der Waals surface area contributed by atoms with Crippen LogP contribution >= 0.6 is 0 Å². The van der Waals surface area contributed by atoms with Gasteiger partial charge in [0.25, 0.3) is 5.91 Å². The topological polar surface area (TPSA) is 46.8 Å². The summed E-state index contributed by atoms with van der Waals surface area (Å²) in [6, 6.07) is 11.8. The maximum absolute atomic E-state index is 11.8. The molecule has 0 radical (unpaired) electrons. The van der Waals surface area contributed by atoms with Crippen molar-refractivity contribution < 1.29 is 9.53 Å². The van der Waals surface area contributed by atoms with E-state index >= 15 is 0 Å². The van der Waals surface area contributed by atoms with E-state index in [1.165, 1.54) is 0 Å². The van der Waals surface area contributed by atoms with Gasteiger partial charge in [0.1, 0.15) is 11.4 Å². The van der Waals surface area contributed by atoms with E-state index in [-0.39, 0.29) is 12.5 Å². The van der Waals surface area contributed by atoms with Crippen molar-refractivity contribution in [2.24, 2.45) is 0 Å². The van der Waals surface area contributed by atoms with Gasteiger partial charge in [-0.15, -0.1) is 0 Å². The summed E-state index contributed by atoms with van der Waals surface area (Å²) in [5, 5.41) is 0. The fourth-order valence-corrected chi connectivity index (χ4v) is 2.72. The lowest BCUT2D eigenvalue weighted by molar-refractivity contribution is -0.120. The van der Waals surface area contributed by atoms with Crippen LogP contribution in [0.4, 0.5) is 5.69 Å². The zero-order chi connectivity index (χ0) is 15.3. The van der Waals surface area contributed by atoms with Crippen molar-refractivity contribution >= 4 is 17.2 Å².